The number of hydrogen-bond donors (Lipinski definition) is 1. The van der Waals surface area contributed by atoms with E-state index in [-0.39, 0.29) is 6.61 Å². The van der Waals surface area contributed by atoms with Gasteiger partial charge in [0.25, 0.3) is 0 Å². The second kappa shape index (κ2) is 5.47. The van der Waals surface area contributed by atoms with Gasteiger partial charge in [0.1, 0.15) is 6.61 Å². The number of cyclic esters (lactones) is 1. The fraction of sp³-hybridized carbons (Fsp3) is 0.333. The van der Waals surface area contributed by atoms with Crippen LogP contribution in [0.5, 0.6) is 0 Å². The Morgan fingerprint density at radius 2 is 2.29 bits per heavy atom. The van der Waals surface area contributed by atoms with Crippen LogP contribution in [0.15, 0.2) is 30.5 Å². The van der Waals surface area contributed by atoms with Gasteiger partial charge in [0, 0.05) is 23.6 Å². The third-order valence-corrected chi connectivity index (χ3v) is 3.50. The predicted molar refractivity (Wildman–Crippen MR) is 76.2 cm³/mol. The Morgan fingerprint density at radius 3 is 3.00 bits per heavy atom. The Morgan fingerprint density at radius 1 is 1.48 bits per heavy atom. The summed E-state index contributed by atoms with van der Waals surface area (Å²) >= 11 is 0. The first-order chi connectivity index (χ1) is 10.2. The van der Waals surface area contributed by atoms with Crippen molar-refractivity contribution < 1.29 is 19.1 Å². The van der Waals surface area contributed by atoms with Gasteiger partial charge in [-0.2, -0.15) is 0 Å². The Labute approximate surface area is 121 Å². The minimum absolute atomic E-state index is 0.0587. The zero-order chi connectivity index (χ0) is 14.8. The van der Waals surface area contributed by atoms with Crippen molar-refractivity contribution in [1.82, 2.24) is 9.88 Å². The highest BCUT2D eigenvalue weighted by molar-refractivity contribution is 6.04. The van der Waals surface area contributed by atoms with Gasteiger partial charge >= 0.3 is 12.1 Å². The number of nitrogens with one attached hydrogen (secondary N) is 1. The fourth-order valence-corrected chi connectivity index (χ4v) is 2.44. The standard InChI is InChI=1S/C15H16N2O4/c1-2-17-8-12(11-5-3-4-6-13(11)17)14(18)20-9-10-7-16-15(19)21-10/h3-6,8,10H,2,7,9H2,1H3,(H,16,19)/t10-/m1/s1. The van der Waals surface area contributed by atoms with Crippen LogP contribution in [0.1, 0.15) is 17.3 Å². The van der Waals surface area contributed by atoms with Crippen LogP contribution >= 0.6 is 0 Å². The number of aromatic nitrogens is 1. The maximum atomic E-state index is 12.2. The molecule has 1 aliphatic heterocycles. The van der Waals surface area contributed by atoms with Crippen LogP contribution in [0.3, 0.4) is 0 Å². The topological polar surface area (TPSA) is 69.6 Å². The van der Waals surface area contributed by atoms with Crippen molar-refractivity contribution in [1.29, 1.82) is 0 Å². The van der Waals surface area contributed by atoms with Gasteiger partial charge in [0.15, 0.2) is 6.10 Å². The van der Waals surface area contributed by atoms with Crippen LogP contribution in [0, 0.1) is 0 Å². The van der Waals surface area contributed by atoms with Crippen molar-refractivity contribution in [3.63, 3.8) is 0 Å². The Hall–Kier alpha value is -2.50. The molecule has 1 atom stereocenters. The number of nitrogens with zero attached hydrogens (tertiary/aromatic N) is 1. The van der Waals surface area contributed by atoms with Crippen molar-refractivity contribution in [2.75, 3.05) is 13.2 Å². The molecule has 0 radical (unpaired) electrons. The van der Waals surface area contributed by atoms with Gasteiger partial charge in [-0.1, -0.05) is 18.2 Å². The van der Waals surface area contributed by atoms with Gasteiger partial charge in [-0.25, -0.2) is 9.59 Å². The highest BCUT2D eigenvalue weighted by Gasteiger charge is 2.25. The third-order valence-electron chi connectivity index (χ3n) is 3.50. The fourth-order valence-electron chi connectivity index (χ4n) is 2.44. The van der Waals surface area contributed by atoms with Gasteiger partial charge < -0.3 is 19.4 Å². The third kappa shape index (κ3) is 2.56. The van der Waals surface area contributed by atoms with E-state index in [0.717, 1.165) is 17.4 Å². The molecule has 1 saturated heterocycles. The van der Waals surface area contributed by atoms with Crippen molar-refractivity contribution >= 4 is 23.0 Å². The summed E-state index contributed by atoms with van der Waals surface area (Å²) < 4.78 is 12.2. The highest BCUT2D eigenvalue weighted by Crippen LogP contribution is 2.22. The maximum Gasteiger partial charge on any atom is 0.407 e. The molecule has 0 saturated carbocycles. The lowest BCUT2D eigenvalue weighted by atomic mass is 10.2. The van der Waals surface area contributed by atoms with Crippen molar-refractivity contribution in [2.24, 2.45) is 0 Å². The number of carbonyl (C=O) groups excluding carboxylic acids is 2. The first kappa shape index (κ1) is 13.5. The minimum Gasteiger partial charge on any atom is -0.458 e. The first-order valence-electron chi connectivity index (χ1n) is 6.88. The van der Waals surface area contributed by atoms with Gasteiger partial charge in [0.05, 0.1) is 12.1 Å². The number of para-hydroxylation sites is 1. The molecule has 3 rings (SSSR count). The van der Waals surface area contributed by atoms with Gasteiger partial charge in [0.2, 0.25) is 0 Å². The largest absolute Gasteiger partial charge is 0.458 e. The Kier molecular flexibility index (Phi) is 3.51. The maximum absolute atomic E-state index is 12.2. The number of fused-ring (bicyclic) bond motifs is 1. The normalized spacial score (nSPS) is 17.6. The molecule has 0 bridgehead atoms. The lowest BCUT2D eigenvalue weighted by Crippen LogP contribution is -2.22. The summed E-state index contributed by atoms with van der Waals surface area (Å²) in [5.41, 5.74) is 1.53. The molecule has 1 aliphatic rings. The van der Waals surface area contributed by atoms with E-state index in [4.69, 9.17) is 9.47 Å². The van der Waals surface area contributed by atoms with E-state index in [1.54, 1.807) is 6.20 Å². The summed E-state index contributed by atoms with van der Waals surface area (Å²) in [5, 5.41) is 3.39. The molecule has 6 heteroatoms. The molecule has 110 valence electrons. The lowest BCUT2D eigenvalue weighted by Gasteiger charge is -2.08. The van der Waals surface area contributed by atoms with Crippen molar-refractivity contribution in [2.45, 2.75) is 19.6 Å². The van der Waals surface area contributed by atoms with Crippen LogP contribution in [0.25, 0.3) is 10.9 Å². The molecule has 1 fully saturated rings. The number of esters is 1. The zero-order valence-corrected chi connectivity index (χ0v) is 11.7. The molecule has 2 heterocycles. The number of ether oxygens (including phenoxy) is 2. The number of benzene rings is 1. The van der Waals surface area contributed by atoms with Crippen LogP contribution in [-0.4, -0.2) is 35.9 Å². The summed E-state index contributed by atoms with van der Waals surface area (Å²) in [5.74, 6) is -0.402. The molecule has 0 aliphatic carbocycles. The van der Waals surface area contributed by atoms with Crippen LogP contribution < -0.4 is 5.32 Å². The molecule has 1 aromatic heterocycles. The molecular formula is C15H16N2O4. The van der Waals surface area contributed by atoms with E-state index < -0.39 is 18.2 Å². The van der Waals surface area contributed by atoms with Crippen LogP contribution in [0.2, 0.25) is 0 Å². The summed E-state index contributed by atoms with van der Waals surface area (Å²) in [6.45, 7) is 3.22. The molecule has 1 amide bonds. The SMILES string of the molecule is CCn1cc(C(=O)OC[C@H]2CNC(=O)O2)c2ccccc21. The minimum atomic E-state index is -0.473. The average Bonchev–Trinajstić information content (AvgIpc) is 3.08. The van der Waals surface area contributed by atoms with Crippen molar-refractivity contribution in [3.05, 3.63) is 36.0 Å². The molecule has 6 nitrogen and oxygen atoms in total. The number of aryl methyl sites for hydroxylation is 1. The molecular weight excluding hydrogens is 272 g/mol. The molecule has 21 heavy (non-hydrogen) atoms. The number of alkyl carbamates (subject to hydrolysis) is 1. The lowest BCUT2D eigenvalue weighted by molar-refractivity contribution is 0.0302. The summed E-state index contributed by atoms with van der Waals surface area (Å²) in [6.07, 6.45) is 0.908. The Bertz CT molecular complexity index is 692. The van der Waals surface area contributed by atoms with E-state index in [1.165, 1.54) is 0 Å². The number of rotatable bonds is 4. The van der Waals surface area contributed by atoms with E-state index >= 15 is 0 Å². The van der Waals surface area contributed by atoms with Crippen molar-refractivity contribution in [3.8, 4) is 0 Å². The molecule has 0 unspecified atom stereocenters. The van der Waals surface area contributed by atoms with Crippen LogP contribution in [0.4, 0.5) is 4.79 Å². The quantitative estimate of drug-likeness (QED) is 0.873. The summed E-state index contributed by atoms with van der Waals surface area (Å²) in [4.78, 5) is 23.1. The first-order valence-corrected chi connectivity index (χ1v) is 6.88. The van der Waals surface area contributed by atoms with Gasteiger partial charge in [-0.05, 0) is 13.0 Å². The number of hydrogen-bond acceptors (Lipinski definition) is 4. The average molecular weight is 288 g/mol. The van der Waals surface area contributed by atoms with Gasteiger partial charge in [-0.15, -0.1) is 0 Å². The number of carbonyl (C=O) groups is 2. The molecule has 1 aromatic carbocycles. The zero-order valence-electron chi connectivity index (χ0n) is 11.7. The summed E-state index contributed by atoms with van der Waals surface area (Å²) in [7, 11) is 0. The monoisotopic (exact) mass is 288 g/mol. The predicted octanol–water partition coefficient (Wildman–Crippen LogP) is 1.93. The van der Waals surface area contributed by atoms with E-state index in [2.05, 4.69) is 5.32 Å². The second-order valence-corrected chi connectivity index (χ2v) is 4.85. The summed E-state index contributed by atoms with van der Waals surface area (Å²) in [6, 6.07) is 7.70. The molecule has 2 aromatic rings. The Balaban J connectivity index is 1.77. The van der Waals surface area contributed by atoms with Gasteiger partial charge in [-0.3, -0.25) is 0 Å². The molecule has 0 spiro atoms. The van der Waals surface area contributed by atoms with E-state index in [1.807, 2.05) is 35.8 Å². The van der Waals surface area contributed by atoms with E-state index in [9.17, 15) is 9.59 Å². The molecule has 1 N–H and O–H groups in total. The highest BCUT2D eigenvalue weighted by atomic mass is 16.6. The smallest absolute Gasteiger partial charge is 0.407 e. The van der Waals surface area contributed by atoms with Crippen LogP contribution in [-0.2, 0) is 16.0 Å². The second-order valence-electron chi connectivity index (χ2n) is 4.85. The number of amides is 1. The van der Waals surface area contributed by atoms with E-state index in [0.29, 0.717) is 12.1 Å².